The molecule has 0 amide bonds. The Bertz CT molecular complexity index is 698. The number of ether oxygens (including phenoxy) is 1. The van der Waals surface area contributed by atoms with Crippen molar-refractivity contribution in [2.75, 3.05) is 46.4 Å². The van der Waals surface area contributed by atoms with E-state index in [-0.39, 0.29) is 34.9 Å². The summed E-state index contributed by atoms with van der Waals surface area (Å²) >= 11 is 6.21. The lowest BCUT2D eigenvalue weighted by Crippen LogP contribution is -2.58. The Morgan fingerprint density at radius 2 is 1.79 bits per heavy atom. The summed E-state index contributed by atoms with van der Waals surface area (Å²) in [5.74, 6) is 0.901. The monoisotopic (exact) mass is 532 g/mol. The van der Waals surface area contributed by atoms with E-state index in [1.807, 2.05) is 13.1 Å². The van der Waals surface area contributed by atoms with Crippen LogP contribution in [0.25, 0.3) is 0 Å². The van der Waals surface area contributed by atoms with Crippen molar-refractivity contribution < 1.29 is 4.74 Å². The average Bonchev–Trinajstić information content (AvgIpc) is 3.31. The number of aliphatic imine (C=N–C) groups is 1. The van der Waals surface area contributed by atoms with Gasteiger partial charge in [-0.2, -0.15) is 0 Å². The maximum absolute atomic E-state index is 6.21. The van der Waals surface area contributed by atoms with E-state index in [2.05, 4.69) is 38.7 Å². The molecule has 1 aliphatic carbocycles. The van der Waals surface area contributed by atoms with Gasteiger partial charge in [0.2, 0.25) is 0 Å². The minimum atomic E-state index is 0. The van der Waals surface area contributed by atoms with E-state index in [0.717, 1.165) is 50.1 Å². The molecular weight excluding hydrogens is 499 g/mol. The fourth-order valence-corrected chi connectivity index (χ4v) is 5.00. The van der Waals surface area contributed by atoms with Crippen molar-refractivity contribution in [1.29, 1.82) is 0 Å². The normalized spacial score (nSPS) is 23.3. The van der Waals surface area contributed by atoms with Crippen LogP contribution in [0.4, 0.5) is 0 Å². The Hall–Kier alpha value is -0.570. The molecule has 0 radical (unpaired) electrons. The minimum absolute atomic E-state index is 0. The molecule has 0 unspecified atom stereocenters. The van der Waals surface area contributed by atoms with E-state index in [1.165, 1.54) is 44.3 Å². The van der Waals surface area contributed by atoms with E-state index < -0.39 is 0 Å². The van der Waals surface area contributed by atoms with Crippen LogP contribution in [0.5, 0.6) is 0 Å². The lowest BCUT2D eigenvalue weighted by atomic mass is 9.88. The van der Waals surface area contributed by atoms with Crippen LogP contribution in [0.1, 0.15) is 44.1 Å². The highest BCUT2D eigenvalue weighted by molar-refractivity contribution is 14.0. The van der Waals surface area contributed by atoms with Crippen molar-refractivity contribution in [3.05, 3.63) is 34.9 Å². The molecule has 0 aromatic heterocycles. The zero-order chi connectivity index (χ0) is 19.5. The molecule has 0 spiro atoms. The van der Waals surface area contributed by atoms with E-state index in [4.69, 9.17) is 16.3 Å². The summed E-state index contributed by atoms with van der Waals surface area (Å²) < 4.78 is 5.67. The summed E-state index contributed by atoms with van der Waals surface area (Å²) in [7, 11) is 1.86. The van der Waals surface area contributed by atoms with Gasteiger partial charge < -0.3 is 15.4 Å². The van der Waals surface area contributed by atoms with Crippen LogP contribution in [0, 0.1) is 0 Å². The van der Waals surface area contributed by atoms with Crippen molar-refractivity contribution in [1.82, 2.24) is 15.5 Å². The SMILES string of the molecule is CN=C(NCC1(c2cccc(Cl)c2)CC1)NCC1(N2CCCC2)CCOCC1.I. The van der Waals surface area contributed by atoms with Gasteiger partial charge >= 0.3 is 0 Å². The summed E-state index contributed by atoms with van der Waals surface area (Å²) in [5.41, 5.74) is 1.74. The molecule has 162 valence electrons. The Balaban J connectivity index is 0.00000240. The topological polar surface area (TPSA) is 48.9 Å². The van der Waals surface area contributed by atoms with E-state index in [1.54, 1.807) is 0 Å². The van der Waals surface area contributed by atoms with Crippen LogP contribution in [0.2, 0.25) is 5.02 Å². The molecule has 4 rings (SSSR count). The Kier molecular flexibility index (Phi) is 8.09. The summed E-state index contributed by atoms with van der Waals surface area (Å²) in [6.07, 6.45) is 7.24. The Morgan fingerprint density at radius 1 is 1.10 bits per heavy atom. The molecule has 2 aliphatic heterocycles. The first kappa shape index (κ1) is 23.1. The molecule has 1 aromatic carbocycles. The van der Waals surface area contributed by atoms with Gasteiger partial charge in [0, 0.05) is 49.3 Å². The first-order chi connectivity index (χ1) is 13.7. The number of likely N-dealkylation sites (tertiary alicyclic amines) is 1. The van der Waals surface area contributed by atoms with Crippen molar-refractivity contribution in [3.8, 4) is 0 Å². The molecule has 29 heavy (non-hydrogen) atoms. The van der Waals surface area contributed by atoms with Gasteiger partial charge in [0.05, 0.1) is 0 Å². The molecule has 5 nitrogen and oxygen atoms in total. The third kappa shape index (κ3) is 5.38. The van der Waals surface area contributed by atoms with Gasteiger partial charge in [0.25, 0.3) is 0 Å². The quantitative estimate of drug-likeness (QED) is 0.332. The second kappa shape index (κ2) is 10.2. The second-order valence-corrected chi connectivity index (χ2v) is 9.04. The number of rotatable bonds is 6. The molecule has 1 saturated carbocycles. The van der Waals surface area contributed by atoms with Gasteiger partial charge in [-0.1, -0.05) is 23.7 Å². The molecule has 2 heterocycles. The number of hydrogen-bond donors (Lipinski definition) is 2. The van der Waals surface area contributed by atoms with Crippen LogP contribution in [-0.2, 0) is 10.2 Å². The number of benzene rings is 1. The Morgan fingerprint density at radius 3 is 2.41 bits per heavy atom. The maximum atomic E-state index is 6.21. The predicted molar refractivity (Wildman–Crippen MR) is 131 cm³/mol. The van der Waals surface area contributed by atoms with Gasteiger partial charge in [-0.3, -0.25) is 9.89 Å². The van der Waals surface area contributed by atoms with Crippen LogP contribution >= 0.6 is 35.6 Å². The van der Waals surface area contributed by atoms with Crippen LogP contribution in [0.15, 0.2) is 29.3 Å². The highest BCUT2D eigenvalue weighted by Crippen LogP contribution is 2.48. The standard InChI is InChI=1S/C22H33ClN4O.HI/c1-24-20(25-16-21(7-8-21)18-5-4-6-19(23)15-18)26-17-22(9-13-28-14-10-22)27-11-2-3-12-27;/h4-6,15H,2-3,7-14,16-17H2,1H3,(H2,24,25,26);1H. The highest BCUT2D eigenvalue weighted by atomic mass is 127. The molecule has 1 aromatic rings. The van der Waals surface area contributed by atoms with E-state index in [0.29, 0.717) is 0 Å². The first-order valence-electron chi connectivity index (χ1n) is 10.7. The number of hydrogen-bond acceptors (Lipinski definition) is 3. The molecule has 0 bridgehead atoms. The predicted octanol–water partition coefficient (Wildman–Crippen LogP) is 3.80. The fourth-order valence-electron chi connectivity index (χ4n) is 4.81. The largest absolute Gasteiger partial charge is 0.381 e. The van der Waals surface area contributed by atoms with E-state index in [9.17, 15) is 0 Å². The lowest BCUT2D eigenvalue weighted by Gasteiger charge is -2.45. The van der Waals surface area contributed by atoms with Crippen molar-refractivity contribution in [3.63, 3.8) is 0 Å². The van der Waals surface area contributed by atoms with Gasteiger partial charge in [0.15, 0.2) is 5.96 Å². The van der Waals surface area contributed by atoms with Crippen LogP contribution in [-0.4, -0.2) is 62.8 Å². The lowest BCUT2D eigenvalue weighted by molar-refractivity contribution is -0.0164. The number of nitrogens with zero attached hydrogens (tertiary/aromatic N) is 2. The van der Waals surface area contributed by atoms with E-state index >= 15 is 0 Å². The van der Waals surface area contributed by atoms with Crippen molar-refractivity contribution in [2.24, 2.45) is 4.99 Å². The zero-order valence-corrected chi connectivity index (χ0v) is 20.5. The zero-order valence-electron chi connectivity index (χ0n) is 17.4. The third-order valence-corrected chi connectivity index (χ3v) is 7.13. The van der Waals surface area contributed by atoms with Gasteiger partial charge in [-0.05, 0) is 69.3 Å². The number of nitrogens with one attached hydrogen (secondary N) is 2. The average molecular weight is 533 g/mol. The van der Waals surface area contributed by atoms with Crippen molar-refractivity contribution >= 4 is 41.5 Å². The summed E-state index contributed by atoms with van der Waals surface area (Å²) in [5, 5.41) is 8.04. The molecule has 0 atom stereocenters. The summed E-state index contributed by atoms with van der Waals surface area (Å²) in [6.45, 7) is 5.98. The summed E-state index contributed by atoms with van der Waals surface area (Å²) in [4.78, 5) is 7.18. The second-order valence-electron chi connectivity index (χ2n) is 8.60. The molecule has 3 fully saturated rings. The molecule has 7 heteroatoms. The van der Waals surface area contributed by atoms with Crippen molar-refractivity contribution in [2.45, 2.75) is 49.5 Å². The Labute approximate surface area is 197 Å². The molecule has 2 saturated heterocycles. The first-order valence-corrected chi connectivity index (χ1v) is 11.1. The maximum Gasteiger partial charge on any atom is 0.191 e. The van der Waals surface area contributed by atoms with Crippen LogP contribution in [0.3, 0.4) is 0 Å². The van der Waals surface area contributed by atoms with Gasteiger partial charge in [-0.15, -0.1) is 24.0 Å². The molecule has 3 aliphatic rings. The number of halogens is 2. The highest BCUT2D eigenvalue weighted by Gasteiger charge is 2.44. The summed E-state index contributed by atoms with van der Waals surface area (Å²) in [6, 6.07) is 8.30. The van der Waals surface area contributed by atoms with Crippen LogP contribution < -0.4 is 10.6 Å². The fraction of sp³-hybridized carbons (Fsp3) is 0.682. The molecule has 2 N–H and O–H groups in total. The minimum Gasteiger partial charge on any atom is -0.381 e. The smallest absolute Gasteiger partial charge is 0.191 e. The number of guanidine groups is 1. The van der Waals surface area contributed by atoms with Gasteiger partial charge in [-0.25, -0.2) is 0 Å². The van der Waals surface area contributed by atoms with Gasteiger partial charge in [0.1, 0.15) is 0 Å². The molecular formula is C22H34ClIN4O. The third-order valence-electron chi connectivity index (χ3n) is 6.89.